The molecule has 2 aromatic carbocycles. The van der Waals surface area contributed by atoms with Gasteiger partial charge in [-0.1, -0.05) is 18.2 Å². The van der Waals surface area contributed by atoms with Crippen molar-refractivity contribution >= 4 is 28.7 Å². The fourth-order valence-electron chi connectivity index (χ4n) is 2.42. The van der Waals surface area contributed by atoms with Crippen molar-refractivity contribution in [1.82, 2.24) is 0 Å². The second kappa shape index (κ2) is 7.09. The topological polar surface area (TPSA) is 110 Å². The van der Waals surface area contributed by atoms with Gasteiger partial charge < -0.3 is 4.74 Å². The number of methoxy groups -OCH3 is 1. The van der Waals surface area contributed by atoms with Crippen molar-refractivity contribution in [3.05, 3.63) is 58.6 Å². The first-order valence-corrected chi connectivity index (χ1v) is 7.68. The summed E-state index contributed by atoms with van der Waals surface area (Å²) >= 11 is 0. The lowest BCUT2D eigenvalue weighted by Gasteiger charge is -2.11. The first kappa shape index (κ1) is 17.2. The summed E-state index contributed by atoms with van der Waals surface area (Å²) < 4.78 is 4.98. The predicted octanol–water partition coefficient (Wildman–Crippen LogP) is 3.48. The Labute approximate surface area is 148 Å². The van der Waals surface area contributed by atoms with Gasteiger partial charge in [0.05, 0.1) is 29.5 Å². The number of carbonyl (C=O) groups excluding carboxylic acids is 1. The van der Waals surface area contributed by atoms with Crippen LogP contribution in [-0.4, -0.2) is 29.7 Å². The van der Waals surface area contributed by atoms with Crippen molar-refractivity contribution in [2.45, 2.75) is 13.0 Å². The number of hydrazone groups is 1. The standard InChI is InChI=1S/C17H15N5O4/c1-11-16(17(23)21(20-11)12-6-4-3-5-7-12)19-18-14-9-8-13(26-2)10-15(14)22(24)25/h3-10,16H,1-2H3. The van der Waals surface area contributed by atoms with Crippen LogP contribution < -0.4 is 9.75 Å². The molecule has 1 amide bonds. The van der Waals surface area contributed by atoms with Crippen molar-refractivity contribution in [1.29, 1.82) is 0 Å². The number of ether oxygens (including phenoxy) is 1. The number of azo groups is 1. The van der Waals surface area contributed by atoms with E-state index in [2.05, 4.69) is 15.3 Å². The number of hydrogen-bond donors (Lipinski definition) is 0. The average molecular weight is 353 g/mol. The van der Waals surface area contributed by atoms with Gasteiger partial charge in [-0.15, -0.1) is 5.11 Å². The summed E-state index contributed by atoms with van der Waals surface area (Å²) in [6, 6.07) is 12.2. The van der Waals surface area contributed by atoms with E-state index in [9.17, 15) is 14.9 Å². The number of nitro groups is 1. The Balaban J connectivity index is 1.87. The maximum atomic E-state index is 12.6. The number of hydrogen-bond acceptors (Lipinski definition) is 7. The number of nitrogens with zero attached hydrogens (tertiary/aromatic N) is 5. The first-order chi connectivity index (χ1) is 12.5. The first-order valence-electron chi connectivity index (χ1n) is 7.68. The quantitative estimate of drug-likeness (QED) is 0.465. The molecular weight excluding hydrogens is 338 g/mol. The van der Waals surface area contributed by atoms with Gasteiger partial charge in [-0.25, -0.2) is 0 Å². The van der Waals surface area contributed by atoms with Gasteiger partial charge in [0.1, 0.15) is 5.75 Å². The molecule has 0 bridgehead atoms. The summed E-state index contributed by atoms with van der Waals surface area (Å²) in [4.78, 5) is 23.2. The Morgan fingerprint density at radius 3 is 2.62 bits per heavy atom. The second-order valence-electron chi connectivity index (χ2n) is 5.46. The van der Waals surface area contributed by atoms with E-state index in [4.69, 9.17) is 4.74 Å². The van der Waals surface area contributed by atoms with Crippen LogP contribution in [0.25, 0.3) is 0 Å². The van der Waals surface area contributed by atoms with Crippen molar-refractivity contribution in [2.24, 2.45) is 15.3 Å². The molecule has 1 unspecified atom stereocenters. The Kier molecular flexibility index (Phi) is 4.70. The minimum Gasteiger partial charge on any atom is -0.496 e. The van der Waals surface area contributed by atoms with Crippen molar-refractivity contribution < 1.29 is 14.5 Å². The van der Waals surface area contributed by atoms with Crippen LogP contribution in [-0.2, 0) is 4.79 Å². The molecule has 0 aromatic heterocycles. The lowest BCUT2D eigenvalue weighted by atomic mass is 10.2. The molecule has 1 aliphatic heterocycles. The van der Waals surface area contributed by atoms with Gasteiger partial charge in [0.2, 0.25) is 0 Å². The Morgan fingerprint density at radius 1 is 1.23 bits per heavy atom. The summed E-state index contributed by atoms with van der Waals surface area (Å²) in [6.45, 7) is 1.66. The summed E-state index contributed by atoms with van der Waals surface area (Å²) in [5.41, 5.74) is 0.853. The number of amides is 1. The van der Waals surface area contributed by atoms with Gasteiger partial charge in [0.15, 0.2) is 11.7 Å². The molecule has 0 fully saturated rings. The highest BCUT2D eigenvalue weighted by molar-refractivity contribution is 6.18. The molecule has 0 saturated heterocycles. The molecule has 0 aliphatic carbocycles. The van der Waals surface area contributed by atoms with E-state index < -0.39 is 11.0 Å². The highest BCUT2D eigenvalue weighted by Crippen LogP contribution is 2.32. The van der Waals surface area contributed by atoms with Crippen LogP contribution >= 0.6 is 0 Å². The van der Waals surface area contributed by atoms with Crippen LogP contribution in [0.2, 0.25) is 0 Å². The number of para-hydroxylation sites is 1. The second-order valence-corrected chi connectivity index (χ2v) is 5.46. The summed E-state index contributed by atoms with van der Waals surface area (Å²) in [5.74, 6) is -0.0331. The number of rotatable bonds is 5. The van der Waals surface area contributed by atoms with Crippen LogP contribution in [0.3, 0.4) is 0 Å². The predicted molar refractivity (Wildman–Crippen MR) is 95.0 cm³/mol. The number of nitro benzene ring substituents is 1. The highest BCUT2D eigenvalue weighted by Gasteiger charge is 2.34. The maximum Gasteiger partial charge on any atom is 0.300 e. The molecule has 1 atom stereocenters. The van der Waals surface area contributed by atoms with E-state index in [-0.39, 0.29) is 17.3 Å². The molecular formula is C17H15N5O4. The average Bonchev–Trinajstić information content (AvgIpc) is 2.94. The van der Waals surface area contributed by atoms with E-state index in [1.54, 1.807) is 31.2 Å². The van der Waals surface area contributed by atoms with Crippen LogP contribution in [0.15, 0.2) is 63.9 Å². The number of anilines is 1. The van der Waals surface area contributed by atoms with E-state index in [0.29, 0.717) is 17.1 Å². The third-order valence-electron chi connectivity index (χ3n) is 3.76. The van der Waals surface area contributed by atoms with Gasteiger partial charge in [0.25, 0.3) is 11.6 Å². The molecule has 3 rings (SSSR count). The van der Waals surface area contributed by atoms with Crippen molar-refractivity contribution in [3.63, 3.8) is 0 Å². The molecule has 1 heterocycles. The summed E-state index contributed by atoms with van der Waals surface area (Å²) in [5, 5.41) is 24.6. The van der Waals surface area contributed by atoms with Gasteiger partial charge in [-0.3, -0.25) is 14.9 Å². The van der Waals surface area contributed by atoms with Crippen molar-refractivity contribution in [2.75, 3.05) is 12.1 Å². The molecule has 1 aliphatic rings. The lowest BCUT2D eigenvalue weighted by Crippen LogP contribution is -2.29. The van der Waals surface area contributed by atoms with Crippen LogP contribution in [0.5, 0.6) is 5.75 Å². The van der Waals surface area contributed by atoms with E-state index in [1.165, 1.54) is 30.3 Å². The van der Waals surface area contributed by atoms with E-state index in [1.807, 2.05) is 6.07 Å². The number of carbonyl (C=O) groups is 1. The third-order valence-corrected chi connectivity index (χ3v) is 3.76. The highest BCUT2D eigenvalue weighted by atomic mass is 16.6. The zero-order valence-corrected chi connectivity index (χ0v) is 14.1. The maximum absolute atomic E-state index is 12.6. The fourth-order valence-corrected chi connectivity index (χ4v) is 2.42. The Bertz CT molecular complexity index is 911. The fraction of sp³-hybridized carbons (Fsp3) is 0.176. The van der Waals surface area contributed by atoms with Gasteiger partial charge >= 0.3 is 0 Å². The zero-order chi connectivity index (χ0) is 18.7. The normalized spacial score (nSPS) is 16.8. The molecule has 9 heteroatoms. The summed E-state index contributed by atoms with van der Waals surface area (Å²) in [7, 11) is 1.41. The molecule has 9 nitrogen and oxygen atoms in total. The van der Waals surface area contributed by atoms with Crippen LogP contribution in [0, 0.1) is 10.1 Å². The van der Waals surface area contributed by atoms with Crippen LogP contribution in [0.1, 0.15) is 6.92 Å². The number of benzene rings is 2. The van der Waals surface area contributed by atoms with Crippen LogP contribution in [0.4, 0.5) is 17.1 Å². The molecule has 2 aromatic rings. The van der Waals surface area contributed by atoms with E-state index >= 15 is 0 Å². The Hall–Kier alpha value is -3.62. The van der Waals surface area contributed by atoms with Gasteiger partial charge in [-0.2, -0.15) is 15.2 Å². The van der Waals surface area contributed by atoms with Gasteiger partial charge in [0, 0.05) is 0 Å². The smallest absolute Gasteiger partial charge is 0.300 e. The largest absolute Gasteiger partial charge is 0.496 e. The minimum atomic E-state index is -0.920. The summed E-state index contributed by atoms with van der Waals surface area (Å²) in [6.07, 6.45) is 0. The lowest BCUT2D eigenvalue weighted by molar-refractivity contribution is -0.384. The van der Waals surface area contributed by atoms with E-state index in [0.717, 1.165) is 0 Å². The Morgan fingerprint density at radius 2 is 1.96 bits per heavy atom. The zero-order valence-electron chi connectivity index (χ0n) is 14.1. The molecule has 26 heavy (non-hydrogen) atoms. The molecule has 0 N–H and O–H groups in total. The molecule has 132 valence electrons. The molecule has 0 saturated carbocycles. The minimum absolute atomic E-state index is 0.0366. The monoisotopic (exact) mass is 353 g/mol. The van der Waals surface area contributed by atoms with Gasteiger partial charge in [-0.05, 0) is 31.2 Å². The molecule has 0 radical (unpaired) electrons. The molecule has 0 spiro atoms. The SMILES string of the molecule is COc1ccc(N=NC2C(=O)N(c3ccccc3)N=C2C)c([N+](=O)[O-])c1. The van der Waals surface area contributed by atoms with Crippen molar-refractivity contribution in [3.8, 4) is 5.75 Å². The third kappa shape index (κ3) is 3.27.